The molecule has 0 N–H and O–H groups in total. The van der Waals surface area contributed by atoms with Gasteiger partial charge in [-0.3, -0.25) is 0 Å². The zero-order valence-electron chi connectivity index (χ0n) is 10.3. The third-order valence-corrected chi connectivity index (χ3v) is 3.33. The van der Waals surface area contributed by atoms with Crippen molar-refractivity contribution < 1.29 is 0 Å². The highest BCUT2D eigenvalue weighted by Gasteiger charge is 1.94. The van der Waals surface area contributed by atoms with Crippen molar-refractivity contribution in [1.82, 2.24) is 0 Å². The Morgan fingerprint density at radius 1 is 0.786 bits per heavy atom. The maximum absolute atomic E-state index is 2.32. The van der Waals surface area contributed by atoms with E-state index in [0.717, 1.165) is 5.92 Å². The number of hydrogen-bond donors (Lipinski definition) is 0. The van der Waals surface area contributed by atoms with Gasteiger partial charge in [0.2, 0.25) is 0 Å². The number of unbranched alkanes of at least 4 members (excludes halogenated alkanes) is 6. The highest BCUT2D eigenvalue weighted by atomic mass is 32.2. The fourth-order valence-electron chi connectivity index (χ4n) is 1.68. The summed E-state index contributed by atoms with van der Waals surface area (Å²) < 4.78 is 0. The highest BCUT2D eigenvalue weighted by molar-refractivity contribution is 7.98. The number of thioether (sulfide) groups is 1. The van der Waals surface area contributed by atoms with Gasteiger partial charge in [0.05, 0.1) is 0 Å². The molecule has 0 aromatic heterocycles. The maximum Gasteiger partial charge on any atom is -0.00703 e. The fraction of sp³-hybridized carbons (Fsp3) is 1.00. The van der Waals surface area contributed by atoms with Gasteiger partial charge in [0.25, 0.3) is 0 Å². The van der Waals surface area contributed by atoms with E-state index in [1.165, 1.54) is 57.1 Å². The quantitative estimate of drug-likeness (QED) is 0.456. The van der Waals surface area contributed by atoms with Crippen molar-refractivity contribution in [3.05, 3.63) is 0 Å². The van der Waals surface area contributed by atoms with E-state index in [-0.39, 0.29) is 0 Å². The lowest BCUT2D eigenvalue weighted by Gasteiger charge is -2.04. The molecule has 0 nitrogen and oxygen atoms in total. The van der Waals surface area contributed by atoms with E-state index in [2.05, 4.69) is 20.1 Å². The lowest BCUT2D eigenvalue weighted by Crippen LogP contribution is -1.87. The zero-order chi connectivity index (χ0) is 10.6. The van der Waals surface area contributed by atoms with Crippen LogP contribution in [0, 0.1) is 5.92 Å². The first-order valence-corrected chi connectivity index (χ1v) is 7.65. The molecule has 0 aliphatic carbocycles. The van der Waals surface area contributed by atoms with Crippen molar-refractivity contribution in [2.45, 2.75) is 65.2 Å². The summed E-state index contributed by atoms with van der Waals surface area (Å²) in [6, 6.07) is 0. The molecule has 0 saturated heterocycles. The van der Waals surface area contributed by atoms with Crippen LogP contribution in [0.2, 0.25) is 0 Å². The predicted octanol–water partition coefficient (Wildman–Crippen LogP) is 5.13. The van der Waals surface area contributed by atoms with Crippen molar-refractivity contribution in [2.24, 2.45) is 5.92 Å². The van der Waals surface area contributed by atoms with Gasteiger partial charge < -0.3 is 0 Å². The molecule has 0 aromatic rings. The van der Waals surface area contributed by atoms with Crippen LogP contribution >= 0.6 is 11.8 Å². The Morgan fingerprint density at radius 3 is 1.79 bits per heavy atom. The van der Waals surface area contributed by atoms with Gasteiger partial charge in [-0.05, 0) is 24.3 Å². The van der Waals surface area contributed by atoms with Gasteiger partial charge in [-0.1, -0.05) is 58.8 Å². The molecule has 1 heteroatoms. The van der Waals surface area contributed by atoms with Gasteiger partial charge >= 0.3 is 0 Å². The zero-order valence-corrected chi connectivity index (χ0v) is 11.2. The van der Waals surface area contributed by atoms with Crippen LogP contribution in [0.4, 0.5) is 0 Å². The summed E-state index contributed by atoms with van der Waals surface area (Å²) in [5, 5.41) is 0. The molecule has 0 spiro atoms. The summed E-state index contributed by atoms with van der Waals surface area (Å²) in [5.41, 5.74) is 0. The number of hydrogen-bond acceptors (Lipinski definition) is 1. The summed E-state index contributed by atoms with van der Waals surface area (Å²) in [7, 11) is 0. The van der Waals surface area contributed by atoms with E-state index in [9.17, 15) is 0 Å². The molecule has 0 saturated carbocycles. The molecule has 0 unspecified atom stereocenters. The second-order valence-electron chi connectivity index (χ2n) is 4.65. The van der Waals surface area contributed by atoms with Crippen LogP contribution in [0.5, 0.6) is 0 Å². The molecule has 86 valence electrons. The largest absolute Gasteiger partial charge is 0.165 e. The summed E-state index contributed by atoms with van der Waals surface area (Å²) in [6.07, 6.45) is 13.8. The molecule has 0 radical (unpaired) electrons. The van der Waals surface area contributed by atoms with E-state index in [1.807, 2.05) is 11.8 Å². The third kappa shape index (κ3) is 12.3. The lowest BCUT2D eigenvalue weighted by molar-refractivity contribution is 0.511. The van der Waals surface area contributed by atoms with E-state index in [1.54, 1.807) is 0 Å². The van der Waals surface area contributed by atoms with E-state index in [0.29, 0.717) is 0 Å². The SMILES string of the molecule is CSCCCCCCCCCC(C)C. The Labute approximate surface area is 95.2 Å². The normalized spacial score (nSPS) is 11.1. The van der Waals surface area contributed by atoms with Crippen molar-refractivity contribution in [3.8, 4) is 0 Å². The van der Waals surface area contributed by atoms with Crippen LogP contribution < -0.4 is 0 Å². The van der Waals surface area contributed by atoms with E-state index >= 15 is 0 Å². The molecule has 14 heavy (non-hydrogen) atoms. The van der Waals surface area contributed by atoms with Crippen molar-refractivity contribution in [2.75, 3.05) is 12.0 Å². The highest BCUT2D eigenvalue weighted by Crippen LogP contribution is 2.12. The molecule has 0 aliphatic heterocycles. The topological polar surface area (TPSA) is 0 Å². The summed E-state index contributed by atoms with van der Waals surface area (Å²) in [6.45, 7) is 4.64. The standard InChI is InChI=1S/C13H28S/c1-13(2)11-9-7-5-4-6-8-10-12-14-3/h13H,4-12H2,1-3H3. The van der Waals surface area contributed by atoms with Gasteiger partial charge in [-0.15, -0.1) is 0 Å². The van der Waals surface area contributed by atoms with Gasteiger partial charge in [-0.25, -0.2) is 0 Å². The summed E-state index contributed by atoms with van der Waals surface area (Å²) >= 11 is 1.98. The van der Waals surface area contributed by atoms with E-state index < -0.39 is 0 Å². The molecule has 0 aromatic carbocycles. The molecule has 0 amide bonds. The van der Waals surface area contributed by atoms with Crippen LogP contribution in [0.25, 0.3) is 0 Å². The van der Waals surface area contributed by atoms with Crippen molar-refractivity contribution in [3.63, 3.8) is 0 Å². The van der Waals surface area contributed by atoms with Gasteiger partial charge in [0.15, 0.2) is 0 Å². The van der Waals surface area contributed by atoms with Crippen LogP contribution in [0.1, 0.15) is 65.2 Å². The van der Waals surface area contributed by atoms with E-state index in [4.69, 9.17) is 0 Å². The molecule has 0 atom stereocenters. The lowest BCUT2D eigenvalue weighted by atomic mass is 10.0. The Hall–Kier alpha value is 0.350. The fourth-order valence-corrected chi connectivity index (χ4v) is 2.18. The third-order valence-electron chi connectivity index (χ3n) is 2.63. The monoisotopic (exact) mass is 216 g/mol. The molecule has 0 bridgehead atoms. The summed E-state index contributed by atoms with van der Waals surface area (Å²) in [4.78, 5) is 0. The van der Waals surface area contributed by atoms with Crippen LogP contribution in [-0.4, -0.2) is 12.0 Å². The molecule has 0 heterocycles. The minimum absolute atomic E-state index is 0.900. The molecular formula is C13H28S. The maximum atomic E-state index is 2.32. The first-order valence-electron chi connectivity index (χ1n) is 6.26. The Balaban J connectivity index is 2.85. The second kappa shape index (κ2) is 11.4. The smallest absolute Gasteiger partial charge is 0.00703 e. The van der Waals surface area contributed by atoms with Gasteiger partial charge in [0, 0.05) is 0 Å². The first-order chi connectivity index (χ1) is 6.77. The summed E-state index contributed by atoms with van der Waals surface area (Å²) in [5.74, 6) is 2.25. The van der Waals surface area contributed by atoms with Crippen LogP contribution in [0.3, 0.4) is 0 Å². The minimum Gasteiger partial charge on any atom is -0.165 e. The average Bonchev–Trinajstić information content (AvgIpc) is 2.15. The second-order valence-corrected chi connectivity index (χ2v) is 5.64. The van der Waals surface area contributed by atoms with Gasteiger partial charge in [-0.2, -0.15) is 11.8 Å². The predicted molar refractivity (Wildman–Crippen MR) is 70.2 cm³/mol. The van der Waals surface area contributed by atoms with Gasteiger partial charge in [0.1, 0.15) is 0 Å². The number of rotatable bonds is 10. The van der Waals surface area contributed by atoms with Crippen molar-refractivity contribution in [1.29, 1.82) is 0 Å². The Kier molecular flexibility index (Phi) is 11.7. The molecule has 0 fully saturated rings. The average molecular weight is 216 g/mol. The van der Waals surface area contributed by atoms with Crippen LogP contribution in [-0.2, 0) is 0 Å². The molecule has 0 rings (SSSR count). The Bertz CT molecular complexity index is 99.4. The molecular weight excluding hydrogens is 188 g/mol. The minimum atomic E-state index is 0.900. The van der Waals surface area contributed by atoms with Crippen molar-refractivity contribution >= 4 is 11.8 Å². The van der Waals surface area contributed by atoms with Crippen LogP contribution in [0.15, 0.2) is 0 Å². The first kappa shape index (κ1) is 14.3. The molecule has 0 aliphatic rings. The Morgan fingerprint density at radius 2 is 1.29 bits per heavy atom.